The molecule has 4 rings (SSSR count). The van der Waals surface area contributed by atoms with Crippen molar-refractivity contribution in [2.45, 2.75) is 44.2 Å². The molecule has 3 aliphatic carbocycles. The monoisotopic (exact) mass is 220 g/mol. The molecule has 1 saturated heterocycles. The summed E-state index contributed by atoms with van der Waals surface area (Å²) < 4.78 is 0. The molecule has 0 aromatic heterocycles. The molecular weight excluding hydrogens is 200 g/mol. The molecule has 1 amide bonds. The second-order valence-electron chi connectivity index (χ2n) is 6.23. The van der Waals surface area contributed by atoms with Crippen LogP contribution in [0.5, 0.6) is 0 Å². The second-order valence-corrected chi connectivity index (χ2v) is 6.23. The summed E-state index contributed by atoms with van der Waals surface area (Å²) in [6.45, 7) is 1.00. The second kappa shape index (κ2) is 3.22. The van der Waals surface area contributed by atoms with Gasteiger partial charge in [-0.15, -0.1) is 0 Å². The van der Waals surface area contributed by atoms with Crippen LogP contribution in [0, 0.1) is 23.7 Å². The van der Waals surface area contributed by atoms with Gasteiger partial charge in [0.1, 0.15) is 0 Å². The number of nitrogens with one attached hydrogen (secondary N) is 2. The van der Waals surface area contributed by atoms with E-state index in [1.807, 2.05) is 0 Å². The number of amides is 1. The van der Waals surface area contributed by atoms with Crippen molar-refractivity contribution in [1.82, 2.24) is 10.6 Å². The van der Waals surface area contributed by atoms with Gasteiger partial charge in [-0.05, 0) is 49.4 Å². The quantitative estimate of drug-likeness (QED) is 0.742. The van der Waals surface area contributed by atoms with E-state index in [0.29, 0.717) is 6.04 Å². The molecule has 16 heavy (non-hydrogen) atoms. The van der Waals surface area contributed by atoms with E-state index in [-0.39, 0.29) is 5.91 Å². The van der Waals surface area contributed by atoms with Gasteiger partial charge in [0.15, 0.2) is 0 Å². The maximum atomic E-state index is 11.1. The third-order valence-electron chi connectivity index (χ3n) is 5.42. The first-order valence-corrected chi connectivity index (χ1v) is 6.85. The maximum absolute atomic E-state index is 11.1. The summed E-state index contributed by atoms with van der Waals surface area (Å²) in [4.78, 5) is 11.1. The summed E-state index contributed by atoms with van der Waals surface area (Å²) >= 11 is 0. The molecular formula is C13H20N2O. The highest BCUT2D eigenvalue weighted by Gasteiger charge is 2.64. The highest BCUT2D eigenvalue weighted by molar-refractivity contribution is 5.78. The first-order valence-electron chi connectivity index (χ1n) is 6.85. The largest absolute Gasteiger partial charge is 0.352 e. The van der Waals surface area contributed by atoms with Crippen LogP contribution in [0.3, 0.4) is 0 Å². The SMILES string of the molecule is O=C1CCC(CNC2C3C4CCC(C4)C23)N1. The molecule has 0 spiro atoms. The van der Waals surface area contributed by atoms with Gasteiger partial charge in [-0.1, -0.05) is 0 Å². The molecule has 3 saturated carbocycles. The fraction of sp³-hybridized carbons (Fsp3) is 0.923. The van der Waals surface area contributed by atoms with Crippen molar-refractivity contribution in [2.75, 3.05) is 6.54 Å². The first-order chi connectivity index (χ1) is 7.83. The Balaban J connectivity index is 1.30. The van der Waals surface area contributed by atoms with Gasteiger partial charge in [0.05, 0.1) is 0 Å². The van der Waals surface area contributed by atoms with Crippen LogP contribution in [-0.2, 0) is 4.79 Å². The van der Waals surface area contributed by atoms with Crippen LogP contribution in [0.4, 0.5) is 0 Å². The molecule has 3 heteroatoms. The van der Waals surface area contributed by atoms with Gasteiger partial charge in [-0.3, -0.25) is 4.79 Å². The van der Waals surface area contributed by atoms with Gasteiger partial charge in [-0.2, -0.15) is 0 Å². The molecule has 0 radical (unpaired) electrons. The Kier molecular flexibility index (Phi) is 1.90. The topological polar surface area (TPSA) is 41.1 Å². The zero-order valence-electron chi connectivity index (χ0n) is 9.61. The molecule has 0 aromatic carbocycles. The zero-order valence-corrected chi connectivity index (χ0v) is 9.61. The van der Waals surface area contributed by atoms with Gasteiger partial charge in [0.2, 0.25) is 5.91 Å². The van der Waals surface area contributed by atoms with Crippen LogP contribution in [0.25, 0.3) is 0 Å². The fourth-order valence-electron chi connectivity index (χ4n) is 4.71. The molecule has 1 heterocycles. The van der Waals surface area contributed by atoms with Crippen molar-refractivity contribution in [3.8, 4) is 0 Å². The van der Waals surface area contributed by atoms with Gasteiger partial charge >= 0.3 is 0 Å². The Hall–Kier alpha value is -0.570. The Morgan fingerprint density at radius 3 is 2.56 bits per heavy atom. The molecule has 1 aliphatic heterocycles. The van der Waals surface area contributed by atoms with E-state index in [1.165, 1.54) is 19.3 Å². The van der Waals surface area contributed by atoms with Gasteiger partial charge < -0.3 is 10.6 Å². The van der Waals surface area contributed by atoms with E-state index in [9.17, 15) is 4.79 Å². The van der Waals surface area contributed by atoms with E-state index in [2.05, 4.69) is 10.6 Å². The maximum Gasteiger partial charge on any atom is 0.220 e. The van der Waals surface area contributed by atoms with Gasteiger partial charge in [-0.25, -0.2) is 0 Å². The summed E-state index contributed by atoms with van der Waals surface area (Å²) in [6.07, 6.45) is 6.26. The lowest BCUT2D eigenvalue weighted by Gasteiger charge is -2.14. The summed E-state index contributed by atoms with van der Waals surface area (Å²) in [5.41, 5.74) is 0. The van der Waals surface area contributed by atoms with Crippen molar-refractivity contribution in [3.05, 3.63) is 0 Å². The lowest BCUT2D eigenvalue weighted by molar-refractivity contribution is -0.119. The average molecular weight is 220 g/mol. The summed E-state index contributed by atoms with van der Waals surface area (Å²) in [5, 5.41) is 6.75. The van der Waals surface area contributed by atoms with Crippen LogP contribution >= 0.6 is 0 Å². The molecule has 88 valence electrons. The molecule has 5 unspecified atom stereocenters. The lowest BCUT2D eigenvalue weighted by Crippen LogP contribution is -2.38. The molecule has 2 bridgehead atoms. The highest BCUT2D eigenvalue weighted by Crippen LogP contribution is 2.65. The van der Waals surface area contributed by atoms with Gasteiger partial charge in [0, 0.05) is 25.0 Å². The minimum Gasteiger partial charge on any atom is -0.352 e. The molecule has 4 aliphatic rings. The van der Waals surface area contributed by atoms with Crippen molar-refractivity contribution >= 4 is 5.91 Å². The number of carbonyl (C=O) groups is 1. The smallest absolute Gasteiger partial charge is 0.220 e. The van der Waals surface area contributed by atoms with Crippen LogP contribution < -0.4 is 10.6 Å². The van der Waals surface area contributed by atoms with Crippen molar-refractivity contribution in [1.29, 1.82) is 0 Å². The summed E-state index contributed by atoms with van der Waals surface area (Å²) in [7, 11) is 0. The van der Waals surface area contributed by atoms with E-state index in [1.54, 1.807) is 0 Å². The number of fused-ring (bicyclic) bond motifs is 5. The highest BCUT2D eigenvalue weighted by atomic mass is 16.1. The van der Waals surface area contributed by atoms with E-state index in [4.69, 9.17) is 0 Å². The Bertz CT molecular complexity index is 314. The van der Waals surface area contributed by atoms with Crippen molar-refractivity contribution in [2.24, 2.45) is 23.7 Å². The van der Waals surface area contributed by atoms with Crippen LogP contribution in [-0.4, -0.2) is 24.5 Å². The number of rotatable bonds is 3. The molecule has 2 N–H and O–H groups in total. The van der Waals surface area contributed by atoms with E-state index < -0.39 is 0 Å². The van der Waals surface area contributed by atoms with Crippen LogP contribution in [0.1, 0.15) is 32.1 Å². The normalized spacial score (nSPS) is 52.9. The Morgan fingerprint density at radius 1 is 1.19 bits per heavy atom. The predicted molar refractivity (Wildman–Crippen MR) is 60.8 cm³/mol. The van der Waals surface area contributed by atoms with Crippen LogP contribution in [0.15, 0.2) is 0 Å². The number of hydrogen-bond acceptors (Lipinski definition) is 2. The summed E-state index contributed by atoms with van der Waals surface area (Å²) in [5.74, 6) is 4.35. The average Bonchev–Trinajstić information content (AvgIpc) is 2.70. The third kappa shape index (κ3) is 1.27. The van der Waals surface area contributed by atoms with E-state index in [0.717, 1.165) is 49.1 Å². The minimum atomic E-state index is 0.239. The number of hydrogen-bond donors (Lipinski definition) is 2. The van der Waals surface area contributed by atoms with Crippen LogP contribution in [0.2, 0.25) is 0 Å². The summed E-state index contributed by atoms with van der Waals surface area (Å²) in [6, 6.07) is 1.22. The molecule has 5 atom stereocenters. The molecule has 3 nitrogen and oxygen atoms in total. The van der Waals surface area contributed by atoms with E-state index >= 15 is 0 Å². The zero-order chi connectivity index (χ0) is 10.7. The van der Waals surface area contributed by atoms with Crippen molar-refractivity contribution in [3.63, 3.8) is 0 Å². The third-order valence-corrected chi connectivity index (χ3v) is 5.42. The minimum absolute atomic E-state index is 0.239. The Morgan fingerprint density at radius 2 is 1.94 bits per heavy atom. The molecule has 4 fully saturated rings. The standard InChI is InChI=1S/C13H20N2O/c16-10-4-3-9(15-10)6-14-13-11-7-1-2-8(5-7)12(11)13/h7-9,11-14H,1-6H2,(H,15,16). The lowest BCUT2D eigenvalue weighted by atomic mass is 10.0. The van der Waals surface area contributed by atoms with Gasteiger partial charge in [0.25, 0.3) is 0 Å². The fourth-order valence-corrected chi connectivity index (χ4v) is 4.71. The predicted octanol–water partition coefficient (Wildman–Crippen LogP) is 0.899. The van der Waals surface area contributed by atoms with Crippen molar-refractivity contribution < 1.29 is 4.79 Å². The number of carbonyl (C=O) groups excluding carboxylic acids is 1. The first kappa shape index (κ1) is 9.46. The molecule has 0 aromatic rings. The Labute approximate surface area is 96.4 Å².